The summed E-state index contributed by atoms with van der Waals surface area (Å²) >= 11 is 6.78. The van der Waals surface area contributed by atoms with Crippen LogP contribution in [0.5, 0.6) is 0 Å². The SMILES string of the molecule is CCCc1nc(S[C@@H](C(=O)Nc2ccc(Cl)cc2C(F)(F)F)c2ccccc2)n[nH]1. The average Bonchev–Trinajstić information content (AvgIpc) is 3.15. The number of aromatic nitrogens is 3. The number of nitrogens with one attached hydrogen (secondary N) is 2. The summed E-state index contributed by atoms with van der Waals surface area (Å²) < 4.78 is 40.2. The lowest BCUT2D eigenvalue weighted by molar-refractivity contribution is -0.137. The van der Waals surface area contributed by atoms with E-state index in [1.807, 2.05) is 6.92 Å². The number of hydrogen-bond donors (Lipinski definition) is 2. The van der Waals surface area contributed by atoms with E-state index in [2.05, 4.69) is 20.5 Å². The number of carbonyl (C=O) groups is 1. The molecule has 1 atom stereocenters. The van der Waals surface area contributed by atoms with Crippen molar-refractivity contribution in [2.24, 2.45) is 0 Å². The fraction of sp³-hybridized carbons (Fsp3) is 0.250. The van der Waals surface area contributed by atoms with Gasteiger partial charge < -0.3 is 5.32 Å². The highest BCUT2D eigenvalue weighted by atomic mass is 35.5. The van der Waals surface area contributed by atoms with Crippen molar-refractivity contribution in [1.82, 2.24) is 15.2 Å². The molecule has 30 heavy (non-hydrogen) atoms. The number of aromatic amines is 1. The van der Waals surface area contributed by atoms with Crippen LogP contribution in [0.15, 0.2) is 53.7 Å². The second kappa shape index (κ2) is 9.53. The molecule has 0 bridgehead atoms. The van der Waals surface area contributed by atoms with Crippen LogP contribution in [-0.2, 0) is 17.4 Å². The van der Waals surface area contributed by atoms with E-state index in [4.69, 9.17) is 11.6 Å². The Hall–Kier alpha value is -2.52. The number of alkyl halides is 3. The van der Waals surface area contributed by atoms with Crippen LogP contribution in [0.25, 0.3) is 0 Å². The van der Waals surface area contributed by atoms with Gasteiger partial charge in [0.15, 0.2) is 0 Å². The number of benzene rings is 2. The number of amides is 1. The Morgan fingerprint density at radius 3 is 2.63 bits per heavy atom. The largest absolute Gasteiger partial charge is 0.418 e. The second-order valence-electron chi connectivity index (χ2n) is 6.40. The maximum atomic E-state index is 13.4. The molecule has 1 heterocycles. The molecular weight excluding hydrogens is 437 g/mol. The third-order valence-electron chi connectivity index (χ3n) is 4.11. The zero-order valence-corrected chi connectivity index (χ0v) is 17.4. The first kappa shape index (κ1) is 22.2. The first-order chi connectivity index (χ1) is 14.3. The summed E-state index contributed by atoms with van der Waals surface area (Å²) in [6, 6.07) is 12.0. The van der Waals surface area contributed by atoms with E-state index in [1.165, 1.54) is 6.07 Å². The lowest BCUT2D eigenvalue weighted by atomic mass is 10.1. The summed E-state index contributed by atoms with van der Waals surface area (Å²) in [4.78, 5) is 17.4. The van der Waals surface area contributed by atoms with Gasteiger partial charge in [0.05, 0.1) is 11.3 Å². The smallest absolute Gasteiger partial charge is 0.324 e. The third kappa shape index (κ3) is 5.54. The molecule has 5 nitrogen and oxygen atoms in total. The molecule has 2 aromatic carbocycles. The summed E-state index contributed by atoms with van der Waals surface area (Å²) in [7, 11) is 0. The second-order valence-corrected chi connectivity index (χ2v) is 7.91. The minimum Gasteiger partial charge on any atom is -0.324 e. The Kier molecular flexibility index (Phi) is 7.04. The van der Waals surface area contributed by atoms with Gasteiger partial charge in [0.25, 0.3) is 0 Å². The molecule has 0 aliphatic heterocycles. The van der Waals surface area contributed by atoms with Gasteiger partial charge in [0.2, 0.25) is 11.1 Å². The monoisotopic (exact) mass is 454 g/mol. The van der Waals surface area contributed by atoms with Crippen LogP contribution in [0.4, 0.5) is 18.9 Å². The molecule has 0 saturated carbocycles. The predicted octanol–water partition coefficient (Wildman–Crippen LogP) is 5.90. The molecule has 10 heteroatoms. The average molecular weight is 455 g/mol. The first-order valence-corrected chi connectivity index (χ1v) is 10.3. The normalized spacial score (nSPS) is 12.6. The standard InChI is InChI=1S/C20H18ClF3N4OS/c1-2-6-16-26-19(28-27-16)30-17(12-7-4-3-5-8-12)18(29)25-15-10-9-13(21)11-14(15)20(22,23)24/h3-5,7-11,17H,2,6H2,1H3,(H,25,29)(H,26,27,28)/t17-/m1/s1. The van der Waals surface area contributed by atoms with Crippen LogP contribution in [0.1, 0.15) is 35.5 Å². The Bertz CT molecular complexity index is 1010. The van der Waals surface area contributed by atoms with Crippen LogP contribution in [0.3, 0.4) is 0 Å². The van der Waals surface area contributed by atoms with E-state index in [9.17, 15) is 18.0 Å². The molecule has 0 aliphatic rings. The van der Waals surface area contributed by atoms with E-state index in [0.29, 0.717) is 23.0 Å². The van der Waals surface area contributed by atoms with E-state index >= 15 is 0 Å². The zero-order valence-electron chi connectivity index (χ0n) is 15.8. The Morgan fingerprint density at radius 2 is 1.97 bits per heavy atom. The zero-order chi connectivity index (χ0) is 21.7. The van der Waals surface area contributed by atoms with Crippen molar-refractivity contribution in [1.29, 1.82) is 0 Å². The molecule has 0 spiro atoms. The number of aryl methyl sites for hydroxylation is 1. The molecule has 1 amide bonds. The van der Waals surface area contributed by atoms with E-state index < -0.39 is 22.9 Å². The number of H-pyrrole nitrogens is 1. The molecule has 3 rings (SSSR count). The molecule has 0 fully saturated rings. The summed E-state index contributed by atoms with van der Waals surface area (Å²) in [5, 5.41) is 8.73. The van der Waals surface area contributed by atoms with Crippen LogP contribution >= 0.6 is 23.4 Å². The number of nitrogens with zero attached hydrogens (tertiary/aromatic N) is 2. The molecule has 0 radical (unpaired) electrons. The summed E-state index contributed by atoms with van der Waals surface area (Å²) in [5.74, 6) is 0.0603. The number of rotatable bonds is 7. The molecule has 0 unspecified atom stereocenters. The molecular formula is C20H18ClF3N4OS. The highest BCUT2D eigenvalue weighted by molar-refractivity contribution is 8.00. The van der Waals surface area contributed by atoms with Gasteiger partial charge in [-0.05, 0) is 30.2 Å². The Balaban J connectivity index is 1.90. The van der Waals surface area contributed by atoms with Crippen LogP contribution in [0, 0.1) is 0 Å². The number of hydrogen-bond acceptors (Lipinski definition) is 4. The maximum Gasteiger partial charge on any atom is 0.418 e. The minimum atomic E-state index is -4.66. The Labute approximate surface area is 180 Å². The van der Waals surface area contributed by atoms with Gasteiger partial charge in [-0.1, -0.05) is 60.6 Å². The predicted molar refractivity (Wildman–Crippen MR) is 111 cm³/mol. The van der Waals surface area contributed by atoms with Crippen molar-refractivity contribution in [3.05, 3.63) is 70.5 Å². The van der Waals surface area contributed by atoms with Crippen molar-refractivity contribution < 1.29 is 18.0 Å². The van der Waals surface area contributed by atoms with Gasteiger partial charge in [-0.2, -0.15) is 13.2 Å². The number of anilines is 1. The summed E-state index contributed by atoms with van der Waals surface area (Å²) in [6.07, 6.45) is -3.09. The molecule has 2 N–H and O–H groups in total. The molecule has 0 aliphatic carbocycles. The van der Waals surface area contributed by atoms with Gasteiger partial charge in [0.1, 0.15) is 11.1 Å². The van der Waals surface area contributed by atoms with E-state index in [1.54, 1.807) is 30.3 Å². The summed E-state index contributed by atoms with van der Waals surface area (Å²) in [5.41, 5.74) is -0.757. The third-order valence-corrected chi connectivity index (χ3v) is 5.46. The Morgan fingerprint density at radius 1 is 1.23 bits per heavy atom. The maximum absolute atomic E-state index is 13.4. The van der Waals surface area contributed by atoms with Crippen molar-refractivity contribution >= 4 is 35.0 Å². The lowest BCUT2D eigenvalue weighted by Crippen LogP contribution is -2.21. The van der Waals surface area contributed by atoms with Gasteiger partial charge in [-0.15, -0.1) is 5.10 Å². The van der Waals surface area contributed by atoms with Crippen LogP contribution in [0.2, 0.25) is 5.02 Å². The van der Waals surface area contributed by atoms with Crippen molar-refractivity contribution in [2.45, 2.75) is 36.3 Å². The topological polar surface area (TPSA) is 70.7 Å². The number of carbonyl (C=O) groups excluding carboxylic acids is 1. The quantitative estimate of drug-likeness (QED) is 0.436. The van der Waals surface area contributed by atoms with Crippen LogP contribution < -0.4 is 5.32 Å². The molecule has 0 saturated heterocycles. The van der Waals surface area contributed by atoms with Crippen molar-refractivity contribution in [3.63, 3.8) is 0 Å². The van der Waals surface area contributed by atoms with Gasteiger partial charge >= 0.3 is 6.18 Å². The number of halogens is 4. The van der Waals surface area contributed by atoms with Crippen LogP contribution in [-0.4, -0.2) is 21.1 Å². The van der Waals surface area contributed by atoms with E-state index in [-0.39, 0.29) is 10.7 Å². The molecule has 158 valence electrons. The fourth-order valence-corrected chi connectivity index (χ4v) is 3.85. The first-order valence-electron chi connectivity index (χ1n) is 9.08. The molecule has 3 aromatic rings. The molecule has 1 aromatic heterocycles. The number of thioether (sulfide) groups is 1. The fourth-order valence-electron chi connectivity index (χ4n) is 2.74. The highest BCUT2D eigenvalue weighted by Gasteiger charge is 2.35. The van der Waals surface area contributed by atoms with Gasteiger partial charge in [0, 0.05) is 11.4 Å². The van der Waals surface area contributed by atoms with E-state index in [0.717, 1.165) is 30.3 Å². The highest BCUT2D eigenvalue weighted by Crippen LogP contribution is 2.39. The van der Waals surface area contributed by atoms with Gasteiger partial charge in [-0.25, -0.2) is 4.98 Å². The lowest BCUT2D eigenvalue weighted by Gasteiger charge is -2.18. The van der Waals surface area contributed by atoms with Crippen molar-refractivity contribution in [3.8, 4) is 0 Å². The minimum absolute atomic E-state index is 0.0708. The van der Waals surface area contributed by atoms with Gasteiger partial charge in [-0.3, -0.25) is 9.89 Å². The summed E-state index contributed by atoms with van der Waals surface area (Å²) in [6.45, 7) is 2.00. The van der Waals surface area contributed by atoms with Crippen molar-refractivity contribution in [2.75, 3.05) is 5.32 Å².